The number of rotatable bonds is 3. The molecule has 28 heavy (non-hydrogen) atoms. The lowest BCUT2D eigenvalue weighted by Gasteiger charge is -2.39. The third-order valence-corrected chi connectivity index (χ3v) is 7.51. The van der Waals surface area contributed by atoms with Gasteiger partial charge in [-0.05, 0) is 42.0 Å². The van der Waals surface area contributed by atoms with Crippen molar-refractivity contribution >= 4 is 16.9 Å². The monoisotopic (exact) mass is 372 g/mol. The molecule has 2 atom stereocenters. The van der Waals surface area contributed by atoms with Crippen LogP contribution in [0.1, 0.15) is 50.6 Å². The van der Waals surface area contributed by atoms with Gasteiger partial charge in [0.2, 0.25) is 5.91 Å². The van der Waals surface area contributed by atoms with E-state index in [-0.39, 0.29) is 16.7 Å². The van der Waals surface area contributed by atoms with Crippen molar-refractivity contribution in [1.82, 2.24) is 20.3 Å². The molecular weight excluding hydrogens is 348 g/mol. The number of nitrogens with zero attached hydrogens (tertiary/aromatic N) is 3. The van der Waals surface area contributed by atoms with Gasteiger partial charge in [0.1, 0.15) is 0 Å². The van der Waals surface area contributed by atoms with E-state index in [9.17, 15) is 4.79 Å². The van der Waals surface area contributed by atoms with Crippen LogP contribution in [0.5, 0.6) is 0 Å². The van der Waals surface area contributed by atoms with Gasteiger partial charge in [-0.25, -0.2) is 9.97 Å². The van der Waals surface area contributed by atoms with Crippen LogP contribution in [0.25, 0.3) is 11.0 Å². The predicted octanol–water partition coefficient (Wildman–Crippen LogP) is 3.67. The van der Waals surface area contributed by atoms with Crippen LogP contribution >= 0.6 is 0 Å². The first-order chi connectivity index (χ1) is 13.4. The van der Waals surface area contributed by atoms with Crippen LogP contribution < -0.4 is 5.32 Å². The Morgan fingerprint density at radius 1 is 1.00 bits per heavy atom. The number of hydrogen-bond acceptors (Lipinski definition) is 4. The molecule has 0 saturated heterocycles. The van der Waals surface area contributed by atoms with Gasteiger partial charge in [-0.2, -0.15) is 0 Å². The van der Waals surface area contributed by atoms with Gasteiger partial charge in [0.25, 0.3) is 0 Å². The highest BCUT2D eigenvalue weighted by Crippen LogP contribution is 2.70. The van der Waals surface area contributed by atoms with Gasteiger partial charge in [0.15, 0.2) is 0 Å². The summed E-state index contributed by atoms with van der Waals surface area (Å²) in [6.07, 6.45) is 5.27. The van der Waals surface area contributed by atoms with Crippen LogP contribution in [0.15, 0.2) is 48.8 Å². The Kier molecular flexibility index (Phi) is 3.46. The molecule has 1 N–H and O–H groups in total. The fraction of sp³-hybridized carbons (Fsp3) is 0.391. The molecule has 2 unspecified atom stereocenters. The lowest BCUT2D eigenvalue weighted by molar-refractivity contribution is -0.130. The molecule has 2 aliphatic carbocycles. The van der Waals surface area contributed by atoms with E-state index in [2.05, 4.69) is 31.1 Å². The first-order valence-electron chi connectivity index (χ1n) is 9.85. The van der Waals surface area contributed by atoms with Gasteiger partial charge in [-0.1, -0.05) is 39.0 Å². The second kappa shape index (κ2) is 5.60. The van der Waals surface area contributed by atoms with Crippen LogP contribution in [-0.2, 0) is 22.2 Å². The van der Waals surface area contributed by atoms with E-state index in [1.165, 1.54) is 0 Å². The summed E-state index contributed by atoms with van der Waals surface area (Å²) >= 11 is 0. The number of nitrogens with one attached hydrogen (secondary N) is 1. The summed E-state index contributed by atoms with van der Waals surface area (Å²) in [4.78, 5) is 27.8. The average Bonchev–Trinajstić information content (AvgIpc) is 3.01. The number of pyridine rings is 1. The lowest BCUT2D eigenvalue weighted by atomic mass is 9.63. The maximum atomic E-state index is 13.7. The average molecular weight is 372 g/mol. The maximum absolute atomic E-state index is 13.7. The summed E-state index contributed by atoms with van der Waals surface area (Å²) in [6.45, 7) is 7.13. The smallest absolute Gasteiger partial charge is 0.233 e. The quantitative estimate of drug-likeness (QED) is 0.762. The summed E-state index contributed by atoms with van der Waals surface area (Å²) in [7, 11) is 0. The topological polar surface area (TPSA) is 67.8 Å². The molecule has 2 bridgehead atoms. The number of para-hydroxylation sites is 2. The second-order valence-electron chi connectivity index (χ2n) is 8.82. The zero-order chi connectivity index (χ0) is 19.6. The molecule has 0 spiro atoms. The number of aromatic nitrogens is 3. The zero-order valence-electron chi connectivity index (χ0n) is 16.5. The molecule has 5 heteroatoms. The number of fused-ring (bicyclic) bond motifs is 6. The molecule has 5 nitrogen and oxygen atoms in total. The number of benzene rings is 1. The predicted molar refractivity (Wildman–Crippen MR) is 108 cm³/mol. The van der Waals surface area contributed by atoms with Crippen LogP contribution in [-0.4, -0.2) is 20.9 Å². The Hall–Kier alpha value is -2.82. The molecule has 1 amide bonds. The molecule has 0 radical (unpaired) electrons. The van der Waals surface area contributed by atoms with Gasteiger partial charge in [0.05, 0.1) is 27.8 Å². The molecule has 1 saturated carbocycles. The minimum atomic E-state index is -0.656. The third kappa shape index (κ3) is 1.96. The number of carbonyl (C=O) groups is 1. The maximum Gasteiger partial charge on any atom is 0.233 e. The molecule has 1 fully saturated rings. The van der Waals surface area contributed by atoms with Crippen molar-refractivity contribution in [2.45, 2.75) is 51.0 Å². The highest BCUT2D eigenvalue weighted by molar-refractivity contribution is 5.92. The number of hydrogen-bond donors (Lipinski definition) is 1. The first kappa shape index (κ1) is 17.3. The van der Waals surface area contributed by atoms with Crippen molar-refractivity contribution in [3.05, 3.63) is 65.7 Å². The summed E-state index contributed by atoms with van der Waals surface area (Å²) in [5.41, 5.74) is 3.53. The summed E-state index contributed by atoms with van der Waals surface area (Å²) in [6, 6.07) is 11.8. The van der Waals surface area contributed by atoms with E-state index in [4.69, 9.17) is 9.97 Å². The molecule has 5 rings (SSSR count). The van der Waals surface area contributed by atoms with Gasteiger partial charge < -0.3 is 5.32 Å². The van der Waals surface area contributed by atoms with Crippen LogP contribution in [0, 0.1) is 5.41 Å². The van der Waals surface area contributed by atoms with Crippen molar-refractivity contribution < 1.29 is 4.79 Å². The highest BCUT2D eigenvalue weighted by atomic mass is 16.2. The minimum absolute atomic E-state index is 0.0495. The molecular formula is C23H24N4O. The Bertz CT molecular complexity index is 1090. The Morgan fingerprint density at radius 2 is 1.71 bits per heavy atom. The fourth-order valence-electron chi connectivity index (χ4n) is 5.39. The van der Waals surface area contributed by atoms with Gasteiger partial charge in [-0.15, -0.1) is 0 Å². The number of carbonyl (C=O) groups excluding carboxylic acids is 1. The van der Waals surface area contributed by atoms with Crippen molar-refractivity contribution in [1.29, 1.82) is 0 Å². The minimum Gasteiger partial charge on any atom is -0.351 e. The summed E-state index contributed by atoms with van der Waals surface area (Å²) < 4.78 is 0. The van der Waals surface area contributed by atoms with Crippen LogP contribution in [0.2, 0.25) is 0 Å². The summed E-state index contributed by atoms with van der Waals surface area (Å²) in [5.74, 6) is 0.0495. The van der Waals surface area contributed by atoms with E-state index in [0.29, 0.717) is 6.54 Å². The Balaban J connectivity index is 1.62. The fourth-order valence-corrected chi connectivity index (χ4v) is 5.39. The van der Waals surface area contributed by atoms with E-state index in [0.717, 1.165) is 40.8 Å². The summed E-state index contributed by atoms with van der Waals surface area (Å²) in [5, 5.41) is 3.17. The molecule has 1 aromatic carbocycles. The second-order valence-corrected chi connectivity index (χ2v) is 8.82. The van der Waals surface area contributed by atoms with Gasteiger partial charge in [-0.3, -0.25) is 9.78 Å². The van der Waals surface area contributed by atoms with E-state index in [1.807, 2.05) is 36.4 Å². The van der Waals surface area contributed by atoms with Crippen molar-refractivity contribution in [2.24, 2.45) is 5.41 Å². The zero-order valence-corrected chi connectivity index (χ0v) is 16.5. The van der Waals surface area contributed by atoms with Crippen LogP contribution in [0.3, 0.4) is 0 Å². The Labute approximate surface area is 164 Å². The molecule has 2 aromatic heterocycles. The standard InChI is InChI=1S/C23H24N4O/c1-21(2)22(3)10-11-23(21,20(28)25-14-15-7-6-12-24-13-15)19-18(22)26-16-8-4-5-9-17(16)27-19/h4-9,12-13H,10-11,14H2,1-3H3,(H,25,28). The van der Waals surface area contributed by atoms with E-state index >= 15 is 0 Å². The van der Waals surface area contributed by atoms with Gasteiger partial charge >= 0.3 is 0 Å². The van der Waals surface area contributed by atoms with Crippen molar-refractivity contribution in [3.8, 4) is 0 Å². The molecule has 0 aliphatic heterocycles. The molecule has 142 valence electrons. The van der Waals surface area contributed by atoms with E-state index in [1.54, 1.807) is 12.4 Å². The van der Waals surface area contributed by atoms with Crippen LogP contribution in [0.4, 0.5) is 0 Å². The highest BCUT2D eigenvalue weighted by Gasteiger charge is 2.73. The van der Waals surface area contributed by atoms with Crippen molar-refractivity contribution in [3.63, 3.8) is 0 Å². The first-order valence-corrected chi connectivity index (χ1v) is 9.85. The largest absolute Gasteiger partial charge is 0.351 e. The third-order valence-electron chi connectivity index (χ3n) is 7.51. The molecule has 2 aliphatic rings. The lowest BCUT2D eigenvalue weighted by Crippen LogP contribution is -2.51. The molecule has 3 aromatic rings. The molecule has 2 heterocycles. The van der Waals surface area contributed by atoms with Crippen molar-refractivity contribution in [2.75, 3.05) is 0 Å². The SMILES string of the molecule is CC12CCC(C(=O)NCc3cccnc3)(c3nc4ccccc4nc31)C2(C)C. The van der Waals surface area contributed by atoms with Gasteiger partial charge in [0, 0.05) is 24.4 Å². The Morgan fingerprint density at radius 3 is 2.39 bits per heavy atom. The number of amides is 1. The normalized spacial score (nSPS) is 27.0. The van der Waals surface area contributed by atoms with E-state index < -0.39 is 5.41 Å².